The lowest BCUT2D eigenvalue weighted by Gasteiger charge is -2.09. The van der Waals surface area contributed by atoms with E-state index in [0.29, 0.717) is 27.8 Å². The normalized spacial score (nSPS) is 10.6. The number of ketones is 1. The van der Waals surface area contributed by atoms with Crippen molar-refractivity contribution in [2.75, 3.05) is 0 Å². The largest absolute Gasteiger partial charge is 0.294 e. The molecule has 2 aromatic rings. The summed E-state index contributed by atoms with van der Waals surface area (Å²) < 4.78 is 0. The Hall–Kier alpha value is -2.12. The van der Waals surface area contributed by atoms with Gasteiger partial charge >= 0.3 is 0 Å². The third kappa shape index (κ3) is 4.20. The molecule has 0 amide bonds. The van der Waals surface area contributed by atoms with Crippen LogP contribution >= 0.6 is 11.8 Å². The van der Waals surface area contributed by atoms with Crippen molar-refractivity contribution in [1.82, 2.24) is 4.98 Å². The Morgan fingerprint density at radius 3 is 2.48 bits per heavy atom. The van der Waals surface area contributed by atoms with Crippen LogP contribution < -0.4 is 0 Å². The van der Waals surface area contributed by atoms with Crippen LogP contribution in [-0.2, 0) is 5.75 Å². The topological polar surface area (TPSA) is 53.8 Å². The molecule has 0 aliphatic heterocycles. The number of hydrogen-bond donors (Lipinski definition) is 0. The molecule has 0 fully saturated rings. The molecule has 0 saturated carbocycles. The predicted octanol–water partition coefficient (Wildman–Crippen LogP) is 4.88. The third-order valence-corrected chi connectivity index (χ3v) is 4.76. The average molecular weight is 324 g/mol. The van der Waals surface area contributed by atoms with Gasteiger partial charge in [0.1, 0.15) is 11.1 Å². The number of aromatic nitrogens is 1. The highest BCUT2D eigenvalue weighted by molar-refractivity contribution is 7.98. The minimum Gasteiger partial charge on any atom is -0.294 e. The van der Waals surface area contributed by atoms with Gasteiger partial charge < -0.3 is 0 Å². The lowest BCUT2D eigenvalue weighted by molar-refractivity contribution is 0.101. The van der Waals surface area contributed by atoms with E-state index in [4.69, 9.17) is 0 Å². The standard InChI is InChI=1S/C19H20N2OS/c1-12(2)16-7-5-15(6-8-16)11-23-19-17(10-20)9-18(14(4)22)13(3)21-19/h5-9,12H,11H2,1-4H3. The Morgan fingerprint density at radius 1 is 1.30 bits per heavy atom. The van der Waals surface area contributed by atoms with Crippen LogP contribution in [0.5, 0.6) is 0 Å². The van der Waals surface area contributed by atoms with Crippen molar-refractivity contribution in [2.24, 2.45) is 0 Å². The molecule has 118 valence electrons. The minimum atomic E-state index is -0.0627. The smallest absolute Gasteiger partial charge is 0.161 e. The molecule has 0 bridgehead atoms. The number of Topliss-reactive ketones (excluding diaryl/α,β-unsaturated/α-hetero) is 1. The van der Waals surface area contributed by atoms with Crippen LogP contribution in [0.3, 0.4) is 0 Å². The molecule has 1 heterocycles. The fraction of sp³-hybridized carbons (Fsp3) is 0.316. The number of rotatable bonds is 5. The van der Waals surface area contributed by atoms with Gasteiger partial charge in [-0.05, 0) is 37.0 Å². The number of hydrogen-bond acceptors (Lipinski definition) is 4. The molecular formula is C19H20N2OS. The molecule has 0 aliphatic rings. The number of aryl methyl sites for hydroxylation is 1. The van der Waals surface area contributed by atoms with Gasteiger partial charge in [0.15, 0.2) is 5.78 Å². The van der Waals surface area contributed by atoms with E-state index in [1.165, 1.54) is 29.8 Å². The molecule has 2 rings (SSSR count). The summed E-state index contributed by atoms with van der Waals surface area (Å²) in [6.45, 7) is 7.64. The summed E-state index contributed by atoms with van der Waals surface area (Å²) in [6, 6.07) is 12.3. The molecule has 0 saturated heterocycles. The molecule has 0 radical (unpaired) electrons. The summed E-state index contributed by atoms with van der Waals surface area (Å²) in [7, 11) is 0. The van der Waals surface area contributed by atoms with Crippen LogP contribution in [-0.4, -0.2) is 10.8 Å². The number of carbonyl (C=O) groups is 1. The van der Waals surface area contributed by atoms with Gasteiger partial charge in [0.05, 0.1) is 5.56 Å². The van der Waals surface area contributed by atoms with Crippen molar-refractivity contribution in [3.63, 3.8) is 0 Å². The van der Waals surface area contributed by atoms with Gasteiger partial charge in [0, 0.05) is 17.0 Å². The number of nitriles is 1. The maximum Gasteiger partial charge on any atom is 0.161 e. The molecule has 0 unspecified atom stereocenters. The highest BCUT2D eigenvalue weighted by Gasteiger charge is 2.12. The number of thioether (sulfide) groups is 1. The molecule has 4 heteroatoms. The molecule has 0 N–H and O–H groups in total. The second-order valence-electron chi connectivity index (χ2n) is 5.83. The zero-order valence-electron chi connectivity index (χ0n) is 13.9. The van der Waals surface area contributed by atoms with Crippen molar-refractivity contribution in [1.29, 1.82) is 5.26 Å². The van der Waals surface area contributed by atoms with E-state index in [1.807, 2.05) is 0 Å². The highest BCUT2D eigenvalue weighted by Crippen LogP contribution is 2.27. The summed E-state index contributed by atoms with van der Waals surface area (Å²) in [5.41, 5.74) is 4.17. The first-order valence-corrected chi connectivity index (χ1v) is 8.55. The van der Waals surface area contributed by atoms with Crippen LogP contribution in [0.4, 0.5) is 0 Å². The zero-order valence-corrected chi connectivity index (χ0v) is 14.7. The number of nitrogens with zero attached hydrogens (tertiary/aromatic N) is 2. The van der Waals surface area contributed by atoms with Crippen LogP contribution in [0.2, 0.25) is 0 Å². The summed E-state index contributed by atoms with van der Waals surface area (Å²) in [5, 5.41) is 9.98. The average Bonchev–Trinajstić information content (AvgIpc) is 2.53. The van der Waals surface area contributed by atoms with Crippen molar-refractivity contribution in [2.45, 2.75) is 44.4 Å². The molecule has 1 aromatic carbocycles. The van der Waals surface area contributed by atoms with Crippen LogP contribution in [0, 0.1) is 18.3 Å². The molecule has 0 aliphatic carbocycles. The Kier molecular flexibility index (Phi) is 5.57. The molecule has 3 nitrogen and oxygen atoms in total. The van der Waals surface area contributed by atoms with Gasteiger partial charge in [0.25, 0.3) is 0 Å². The Morgan fingerprint density at radius 2 is 1.96 bits per heavy atom. The van der Waals surface area contributed by atoms with Crippen molar-refractivity contribution in [3.05, 3.63) is 58.3 Å². The van der Waals surface area contributed by atoms with Gasteiger partial charge in [-0.15, -0.1) is 11.8 Å². The summed E-state index contributed by atoms with van der Waals surface area (Å²) >= 11 is 1.53. The monoisotopic (exact) mass is 324 g/mol. The second-order valence-corrected chi connectivity index (χ2v) is 6.79. The summed E-state index contributed by atoms with van der Waals surface area (Å²) in [5.74, 6) is 1.21. The van der Waals surface area contributed by atoms with Crippen molar-refractivity contribution in [3.8, 4) is 6.07 Å². The SMILES string of the molecule is CC(=O)c1cc(C#N)c(SCc2ccc(C(C)C)cc2)nc1C. The van der Waals surface area contributed by atoms with Crippen molar-refractivity contribution < 1.29 is 4.79 Å². The molecule has 23 heavy (non-hydrogen) atoms. The zero-order chi connectivity index (χ0) is 17.0. The second kappa shape index (κ2) is 7.43. The van der Waals surface area contributed by atoms with Crippen LogP contribution in [0.25, 0.3) is 0 Å². The maximum atomic E-state index is 11.6. The van der Waals surface area contributed by atoms with E-state index in [0.717, 1.165) is 5.75 Å². The van der Waals surface area contributed by atoms with Gasteiger partial charge in [-0.2, -0.15) is 5.26 Å². The van der Waals surface area contributed by atoms with Crippen LogP contribution in [0.15, 0.2) is 35.4 Å². The first-order valence-electron chi connectivity index (χ1n) is 7.56. The highest BCUT2D eigenvalue weighted by atomic mass is 32.2. The van der Waals surface area contributed by atoms with E-state index in [1.54, 1.807) is 13.0 Å². The van der Waals surface area contributed by atoms with Gasteiger partial charge in [-0.3, -0.25) is 4.79 Å². The maximum absolute atomic E-state index is 11.6. The molecular weight excluding hydrogens is 304 g/mol. The fourth-order valence-corrected chi connectivity index (χ4v) is 3.24. The Labute approximate surface area is 141 Å². The van der Waals surface area contributed by atoms with E-state index < -0.39 is 0 Å². The van der Waals surface area contributed by atoms with E-state index in [9.17, 15) is 10.1 Å². The quantitative estimate of drug-likeness (QED) is 0.581. The number of carbonyl (C=O) groups excluding carboxylic acids is 1. The van der Waals surface area contributed by atoms with Crippen LogP contribution in [0.1, 0.15) is 59.4 Å². The number of benzene rings is 1. The third-order valence-electron chi connectivity index (χ3n) is 3.70. The molecule has 0 spiro atoms. The molecule has 1 aromatic heterocycles. The lowest BCUT2D eigenvalue weighted by Crippen LogP contribution is -2.02. The Bertz CT molecular complexity index is 758. The van der Waals surface area contributed by atoms with E-state index >= 15 is 0 Å². The fourth-order valence-electron chi connectivity index (χ4n) is 2.28. The first kappa shape index (κ1) is 17.2. The lowest BCUT2D eigenvalue weighted by atomic mass is 10.0. The van der Waals surface area contributed by atoms with Gasteiger partial charge in [0.2, 0.25) is 0 Å². The van der Waals surface area contributed by atoms with E-state index in [2.05, 4.69) is 49.2 Å². The minimum absolute atomic E-state index is 0.0627. The summed E-state index contributed by atoms with van der Waals surface area (Å²) in [4.78, 5) is 16.0. The number of pyridine rings is 1. The summed E-state index contributed by atoms with van der Waals surface area (Å²) in [6.07, 6.45) is 0. The molecule has 0 atom stereocenters. The van der Waals surface area contributed by atoms with Gasteiger partial charge in [-0.1, -0.05) is 38.1 Å². The first-order chi connectivity index (χ1) is 10.9. The van der Waals surface area contributed by atoms with E-state index in [-0.39, 0.29) is 5.78 Å². The Balaban J connectivity index is 2.18. The van der Waals surface area contributed by atoms with Gasteiger partial charge in [-0.25, -0.2) is 4.98 Å². The predicted molar refractivity (Wildman–Crippen MR) is 93.8 cm³/mol. The van der Waals surface area contributed by atoms with Crippen molar-refractivity contribution >= 4 is 17.5 Å².